The zero-order valence-electron chi connectivity index (χ0n) is 53.9. The van der Waals surface area contributed by atoms with Gasteiger partial charge in [0.2, 0.25) is 0 Å². The number of allylic oxidation sites excluding steroid dienone is 8. The summed E-state index contributed by atoms with van der Waals surface area (Å²) in [5.74, 6) is -0.857. The fourth-order valence-corrected chi connectivity index (χ4v) is 10.7. The molecule has 0 N–H and O–H groups in total. The Labute approximate surface area is 498 Å². The minimum Gasteiger partial charge on any atom is -0.462 e. The van der Waals surface area contributed by atoms with Gasteiger partial charge in [-0.15, -0.1) is 0 Å². The molecule has 0 aliphatic heterocycles. The van der Waals surface area contributed by atoms with E-state index in [1.807, 2.05) is 0 Å². The van der Waals surface area contributed by atoms with E-state index in [1.54, 1.807) is 0 Å². The molecule has 468 valence electrons. The minimum atomic E-state index is -0.778. The Morgan fingerprint density at radius 2 is 0.450 bits per heavy atom. The van der Waals surface area contributed by atoms with Crippen molar-refractivity contribution in [3.8, 4) is 0 Å². The van der Waals surface area contributed by atoms with E-state index in [2.05, 4.69) is 69.4 Å². The summed E-state index contributed by atoms with van der Waals surface area (Å²) in [6.07, 6.45) is 87.0. The molecule has 6 nitrogen and oxygen atoms in total. The highest BCUT2D eigenvalue weighted by atomic mass is 16.6. The maximum absolute atomic E-state index is 13.0. The Kier molecular flexibility index (Phi) is 66.6. The Morgan fingerprint density at radius 1 is 0.250 bits per heavy atom. The van der Waals surface area contributed by atoms with Crippen LogP contribution in [0.2, 0.25) is 0 Å². The summed E-state index contributed by atoms with van der Waals surface area (Å²) in [4.78, 5) is 38.5. The lowest BCUT2D eigenvalue weighted by Crippen LogP contribution is -2.30. The average molecular weight is 1120 g/mol. The zero-order chi connectivity index (χ0) is 57.8. The first-order valence-electron chi connectivity index (χ1n) is 35.6. The topological polar surface area (TPSA) is 78.9 Å². The van der Waals surface area contributed by atoms with Gasteiger partial charge in [0.05, 0.1) is 0 Å². The number of hydrogen-bond acceptors (Lipinski definition) is 6. The molecule has 0 rings (SSSR count). The van der Waals surface area contributed by atoms with Gasteiger partial charge in [0, 0.05) is 19.3 Å². The van der Waals surface area contributed by atoms with Gasteiger partial charge in [0.15, 0.2) is 6.10 Å². The molecule has 1 atom stereocenters. The largest absolute Gasteiger partial charge is 0.462 e. The van der Waals surface area contributed by atoms with E-state index in [9.17, 15) is 14.4 Å². The minimum absolute atomic E-state index is 0.0737. The normalized spacial score (nSPS) is 12.3. The number of unbranched alkanes of at least 4 members (excludes halogenated alkanes) is 47. The van der Waals surface area contributed by atoms with Crippen LogP contribution >= 0.6 is 0 Å². The molecule has 0 radical (unpaired) electrons. The van der Waals surface area contributed by atoms with Crippen LogP contribution in [0.4, 0.5) is 0 Å². The van der Waals surface area contributed by atoms with Crippen LogP contribution in [0.3, 0.4) is 0 Å². The van der Waals surface area contributed by atoms with Crippen LogP contribution in [0.1, 0.15) is 387 Å². The van der Waals surface area contributed by atoms with Crippen LogP contribution in [0, 0.1) is 0 Å². The first-order valence-corrected chi connectivity index (χ1v) is 35.6. The summed E-state index contributed by atoms with van der Waals surface area (Å²) < 4.78 is 17.0. The Morgan fingerprint density at radius 3 is 0.713 bits per heavy atom. The maximum atomic E-state index is 13.0. The van der Waals surface area contributed by atoms with Crippen molar-refractivity contribution in [2.75, 3.05) is 13.2 Å². The van der Waals surface area contributed by atoms with E-state index in [0.717, 1.165) is 77.0 Å². The lowest BCUT2D eigenvalue weighted by atomic mass is 10.0. The highest BCUT2D eigenvalue weighted by molar-refractivity contribution is 5.71. The lowest BCUT2D eigenvalue weighted by molar-refractivity contribution is -0.167. The SMILES string of the molecule is CCCCCCC/C=C\C/C=C\C/C=C\CCCCCCCCCCC(=O)OCC(COC(=O)CCCCCCCCC/C=C\CCCCCCCCC)OC(=O)CCCCCCCCCCCCCCCCCCCCCCC. The molecule has 80 heavy (non-hydrogen) atoms. The summed E-state index contributed by atoms with van der Waals surface area (Å²) in [7, 11) is 0. The standard InChI is InChI=1S/C74H136O6/c1-4-7-10-13-16-19-22-25-28-31-34-36-37-39-40-43-46-49-52-55-58-61-64-67-73(76)79-70-71(69-78-72(75)66-63-60-57-54-51-48-45-42-33-30-27-24-21-18-15-12-9-6-3)80-74(77)68-65-62-59-56-53-50-47-44-41-38-35-32-29-26-23-20-17-14-11-8-5-2/h22,25,30-31,33-34,37,39,71H,4-21,23-24,26-29,32,35-36,38,40-70H2,1-3H3/b25-22-,33-30-,34-31-,39-37-. The van der Waals surface area contributed by atoms with Crippen molar-refractivity contribution >= 4 is 17.9 Å². The average Bonchev–Trinajstić information content (AvgIpc) is 3.46. The van der Waals surface area contributed by atoms with Gasteiger partial charge >= 0.3 is 17.9 Å². The van der Waals surface area contributed by atoms with Crippen LogP contribution in [0.25, 0.3) is 0 Å². The van der Waals surface area contributed by atoms with Gasteiger partial charge in [0.25, 0.3) is 0 Å². The number of hydrogen-bond donors (Lipinski definition) is 0. The van der Waals surface area contributed by atoms with Crippen molar-refractivity contribution in [3.05, 3.63) is 48.6 Å². The lowest BCUT2D eigenvalue weighted by Gasteiger charge is -2.18. The summed E-state index contributed by atoms with van der Waals surface area (Å²) in [6, 6.07) is 0. The van der Waals surface area contributed by atoms with Gasteiger partial charge < -0.3 is 14.2 Å². The molecule has 0 saturated heterocycles. The molecule has 0 aromatic rings. The van der Waals surface area contributed by atoms with Crippen molar-refractivity contribution in [1.82, 2.24) is 0 Å². The molecule has 6 heteroatoms. The number of carbonyl (C=O) groups excluding carboxylic acids is 3. The maximum Gasteiger partial charge on any atom is 0.306 e. The Hall–Kier alpha value is -2.63. The third-order valence-electron chi connectivity index (χ3n) is 16.1. The molecule has 0 aliphatic rings. The van der Waals surface area contributed by atoms with Gasteiger partial charge in [-0.2, -0.15) is 0 Å². The molecule has 0 aliphatic carbocycles. The molecule has 0 spiro atoms. The number of rotatable bonds is 66. The predicted octanol–water partition coefficient (Wildman–Crippen LogP) is 24.5. The van der Waals surface area contributed by atoms with Crippen LogP contribution in [-0.4, -0.2) is 37.2 Å². The monoisotopic (exact) mass is 1120 g/mol. The molecule has 0 saturated carbocycles. The van der Waals surface area contributed by atoms with Crippen LogP contribution in [0.15, 0.2) is 48.6 Å². The molecular formula is C74H136O6. The third-order valence-corrected chi connectivity index (χ3v) is 16.1. The number of esters is 3. The second-order valence-electron chi connectivity index (χ2n) is 24.1. The first-order chi connectivity index (χ1) is 39.5. The predicted molar refractivity (Wildman–Crippen MR) is 349 cm³/mol. The molecule has 0 bridgehead atoms. The molecule has 0 aromatic heterocycles. The second-order valence-corrected chi connectivity index (χ2v) is 24.1. The summed E-state index contributed by atoms with van der Waals surface area (Å²) in [6.45, 7) is 6.69. The molecule has 0 fully saturated rings. The second kappa shape index (κ2) is 68.9. The Balaban J connectivity index is 4.34. The highest BCUT2D eigenvalue weighted by Gasteiger charge is 2.19. The van der Waals surface area contributed by atoms with Crippen molar-refractivity contribution in [1.29, 1.82) is 0 Å². The smallest absolute Gasteiger partial charge is 0.306 e. The van der Waals surface area contributed by atoms with Gasteiger partial charge in [-0.25, -0.2) is 0 Å². The van der Waals surface area contributed by atoms with Crippen molar-refractivity contribution in [3.63, 3.8) is 0 Å². The van der Waals surface area contributed by atoms with Crippen molar-refractivity contribution in [2.24, 2.45) is 0 Å². The summed E-state index contributed by atoms with van der Waals surface area (Å²) >= 11 is 0. The fraction of sp³-hybridized carbons (Fsp3) is 0.851. The summed E-state index contributed by atoms with van der Waals surface area (Å²) in [5.41, 5.74) is 0. The molecule has 0 heterocycles. The van der Waals surface area contributed by atoms with Gasteiger partial charge in [-0.05, 0) is 83.5 Å². The van der Waals surface area contributed by atoms with E-state index in [4.69, 9.17) is 14.2 Å². The van der Waals surface area contributed by atoms with Crippen LogP contribution in [-0.2, 0) is 28.6 Å². The Bertz CT molecular complexity index is 1380. The summed E-state index contributed by atoms with van der Waals surface area (Å²) in [5, 5.41) is 0. The van der Waals surface area contributed by atoms with Crippen molar-refractivity contribution < 1.29 is 28.6 Å². The van der Waals surface area contributed by atoms with Gasteiger partial charge in [-0.3, -0.25) is 14.4 Å². The molecular weight excluding hydrogens is 985 g/mol. The first kappa shape index (κ1) is 77.4. The molecule has 0 amide bonds. The number of carbonyl (C=O) groups is 3. The van der Waals surface area contributed by atoms with E-state index >= 15 is 0 Å². The quantitative estimate of drug-likeness (QED) is 0.0261. The van der Waals surface area contributed by atoms with E-state index in [-0.39, 0.29) is 31.1 Å². The van der Waals surface area contributed by atoms with E-state index in [0.29, 0.717) is 19.3 Å². The molecule has 1 unspecified atom stereocenters. The van der Waals surface area contributed by atoms with E-state index < -0.39 is 6.10 Å². The third kappa shape index (κ3) is 66.2. The van der Waals surface area contributed by atoms with Crippen LogP contribution < -0.4 is 0 Å². The number of ether oxygens (including phenoxy) is 3. The highest BCUT2D eigenvalue weighted by Crippen LogP contribution is 2.18. The fourth-order valence-electron chi connectivity index (χ4n) is 10.7. The van der Waals surface area contributed by atoms with Crippen molar-refractivity contribution in [2.45, 2.75) is 393 Å². The molecule has 0 aromatic carbocycles. The zero-order valence-corrected chi connectivity index (χ0v) is 53.9. The van der Waals surface area contributed by atoms with Crippen LogP contribution in [0.5, 0.6) is 0 Å². The van der Waals surface area contributed by atoms with Gasteiger partial charge in [-0.1, -0.05) is 333 Å². The van der Waals surface area contributed by atoms with Gasteiger partial charge in [0.1, 0.15) is 13.2 Å². The van der Waals surface area contributed by atoms with E-state index in [1.165, 1.54) is 270 Å².